The first kappa shape index (κ1) is 14.8. The Kier molecular flexibility index (Phi) is 3.84. The van der Waals surface area contributed by atoms with E-state index in [1.165, 1.54) is 22.9 Å². The molecule has 2 rings (SSSR count). The zero-order valence-corrected chi connectivity index (χ0v) is 12.3. The maximum absolute atomic E-state index is 11.9. The highest BCUT2D eigenvalue weighted by atomic mass is 16.2. The molecule has 0 aliphatic carbocycles. The van der Waals surface area contributed by atoms with Crippen molar-refractivity contribution in [3.63, 3.8) is 0 Å². The van der Waals surface area contributed by atoms with Crippen molar-refractivity contribution in [1.82, 2.24) is 14.8 Å². The van der Waals surface area contributed by atoms with Crippen LogP contribution in [-0.4, -0.2) is 20.7 Å². The Morgan fingerprint density at radius 3 is 2.76 bits per heavy atom. The number of amides is 1. The third kappa shape index (κ3) is 3.71. The van der Waals surface area contributed by atoms with Gasteiger partial charge in [-0.2, -0.15) is 5.10 Å². The van der Waals surface area contributed by atoms with Crippen LogP contribution in [0, 0.1) is 0 Å². The number of nitrogen functional groups attached to an aromatic ring is 1. The number of H-pyrrole nitrogens is 1. The van der Waals surface area contributed by atoms with Gasteiger partial charge in [0.15, 0.2) is 5.82 Å². The largest absolute Gasteiger partial charge is 0.398 e. The molecule has 0 spiro atoms. The zero-order chi connectivity index (χ0) is 15.6. The Bertz CT molecular complexity index is 709. The second-order valence-corrected chi connectivity index (χ2v) is 5.89. The Morgan fingerprint density at radius 2 is 2.14 bits per heavy atom. The third-order valence-electron chi connectivity index (χ3n) is 2.97. The summed E-state index contributed by atoms with van der Waals surface area (Å²) in [6, 6.07) is 4.61. The lowest BCUT2D eigenvalue weighted by molar-refractivity contribution is -0.116. The highest BCUT2D eigenvalue weighted by Gasteiger charge is 2.17. The number of anilines is 2. The number of rotatable bonds is 3. The minimum absolute atomic E-state index is 0.0825. The van der Waals surface area contributed by atoms with E-state index in [9.17, 15) is 9.59 Å². The van der Waals surface area contributed by atoms with Crippen LogP contribution in [0.25, 0.3) is 0 Å². The van der Waals surface area contributed by atoms with Gasteiger partial charge in [0, 0.05) is 35.1 Å². The van der Waals surface area contributed by atoms with Gasteiger partial charge in [-0.25, -0.2) is 0 Å². The lowest BCUT2D eigenvalue weighted by Crippen LogP contribution is -2.27. The molecule has 0 aliphatic rings. The van der Waals surface area contributed by atoms with Gasteiger partial charge in [0.1, 0.15) is 6.54 Å². The summed E-state index contributed by atoms with van der Waals surface area (Å²) in [4.78, 5) is 23.5. The predicted molar refractivity (Wildman–Crippen MR) is 81.0 cm³/mol. The minimum atomic E-state index is -0.338. The van der Waals surface area contributed by atoms with Gasteiger partial charge in [0.25, 0.3) is 5.56 Å². The topological polar surface area (TPSA) is 106 Å². The lowest BCUT2D eigenvalue weighted by atomic mass is 9.92. The van der Waals surface area contributed by atoms with Crippen LogP contribution in [0.3, 0.4) is 0 Å². The third-order valence-corrected chi connectivity index (χ3v) is 2.97. The van der Waals surface area contributed by atoms with Gasteiger partial charge in [-0.1, -0.05) is 20.8 Å². The van der Waals surface area contributed by atoms with Crippen LogP contribution in [0.4, 0.5) is 11.5 Å². The number of aromatic nitrogens is 3. The molecule has 2 aromatic heterocycles. The second-order valence-electron chi connectivity index (χ2n) is 5.89. The highest BCUT2D eigenvalue weighted by molar-refractivity contribution is 5.89. The van der Waals surface area contributed by atoms with Crippen LogP contribution in [0.15, 0.2) is 29.2 Å². The van der Waals surface area contributed by atoms with Gasteiger partial charge in [0.05, 0.1) is 0 Å². The van der Waals surface area contributed by atoms with Crippen LogP contribution >= 0.6 is 0 Å². The van der Waals surface area contributed by atoms with Crippen molar-refractivity contribution < 1.29 is 4.79 Å². The van der Waals surface area contributed by atoms with Gasteiger partial charge < -0.3 is 15.6 Å². The molecule has 0 atom stereocenters. The first-order valence-electron chi connectivity index (χ1n) is 6.57. The van der Waals surface area contributed by atoms with E-state index in [-0.39, 0.29) is 23.4 Å². The average Bonchev–Trinajstić information content (AvgIpc) is 2.82. The maximum atomic E-state index is 11.9. The molecule has 21 heavy (non-hydrogen) atoms. The monoisotopic (exact) mass is 289 g/mol. The normalized spacial score (nSPS) is 11.4. The Hall–Kier alpha value is -2.57. The van der Waals surface area contributed by atoms with Gasteiger partial charge in [-0.3, -0.25) is 14.7 Å². The van der Waals surface area contributed by atoms with Crippen molar-refractivity contribution in [3.8, 4) is 0 Å². The smallest absolute Gasteiger partial charge is 0.251 e. The number of carbonyl (C=O) groups is 1. The van der Waals surface area contributed by atoms with E-state index in [0.29, 0.717) is 11.5 Å². The SMILES string of the molecule is CC(C)(C)c1cc(NC(=O)Cn2cc(N)ccc2=O)n[nH]1. The van der Waals surface area contributed by atoms with Crippen molar-refractivity contribution >= 4 is 17.4 Å². The lowest BCUT2D eigenvalue weighted by Gasteiger charge is -2.14. The fourth-order valence-electron chi connectivity index (χ4n) is 1.78. The van der Waals surface area contributed by atoms with E-state index in [4.69, 9.17) is 5.73 Å². The molecule has 7 nitrogen and oxygen atoms in total. The molecular weight excluding hydrogens is 270 g/mol. The molecule has 0 unspecified atom stereocenters. The number of nitrogens with zero attached hydrogens (tertiary/aromatic N) is 2. The van der Waals surface area contributed by atoms with Crippen LogP contribution < -0.4 is 16.6 Å². The van der Waals surface area contributed by atoms with Crippen LogP contribution in [0.2, 0.25) is 0 Å². The number of nitrogens with one attached hydrogen (secondary N) is 2. The summed E-state index contributed by atoms with van der Waals surface area (Å²) >= 11 is 0. The predicted octanol–water partition coefficient (Wildman–Crippen LogP) is 1.09. The fourth-order valence-corrected chi connectivity index (χ4v) is 1.78. The Labute approximate surface area is 122 Å². The number of aromatic amines is 1. The molecule has 7 heteroatoms. The summed E-state index contributed by atoms with van der Waals surface area (Å²) in [5.74, 6) is 0.0940. The Morgan fingerprint density at radius 1 is 1.43 bits per heavy atom. The number of hydrogen-bond acceptors (Lipinski definition) is 4. The average molecular weight is 289 g/mol. The summed E-state index contributed by atoms with van der Waals surface area (Å²) in [6.07, 6.45) is 1.44. The van der Waals surface area contributed by atoms with Crippen molar-refractivity contribution in [1.29, 1.82) is 0 Å². The molecule has 0 aliphatic heterocycles. The molecule has 0 radical (unpaired) electrons. The maximum Gasteiger partial charge on any atom is 0.251 e. The molecule has 0 saturated heterocycles. The van der Waals surface area contributed by atoms with Crippen LogP contribution in [-0.2, 0) is 16.8 Å². The molecule has 112 valence electrons. The summed E-state index contributed by atoms with van der Waals surface area (Å²) < 4.78 is 1.25. The van der Waals surface area contributed by atoms with Crippen molar-refractivity contribution in [2.24, 2.45) is 0 Å². The molecule has 0 fully saturated rings. The molecule has 0 aromatic carbocycles. The van der Waals surface area contributed by atoms with Gasteiger partial charge in [-0.15, -0.1) is 0 Å². The van der Waals surface area contributed by atoms with Crippen LogP contribution in [0.1, 0.15) is 26.5 Å². The summed E-state index contributed by atoms with van der Waals surface area (Å²) in [6.45, 7) is 6.01. The van der Waals surface area contributed by atoms with Crippen molar-refractivity contribution in [2.75, 3.05) is 11.1 Å². The zero-order valence-electron chi connectivity index (χ0n) is 12.3. The number of carbonyl (C=O) groups excluding carboxylic acids is 1. The molecule has 2 heterocycles. The van der Waals surface area contributed by atoms with Gasteiger partial charge in [0.2, 0.25) is 5.91 Å². The summed E-state index contributed by atoms with van der Waals surface area (Å²) in [5.41, 5.74) is 6.58. The molecular formula is C14H19N5O2. The number of hydrogen-bond donors (Lipinski definition) is 3. The summed E-state index contributed by atoms with van der Waals surface area (Å²) in [7, 11) is 0. The van der Waals surface area contributed by atoms with E-state index in [1.54, 1.807) is 6.07 Å². The van der Waals surface area contributed by atoms with E-state index in [0.717, 1.165) is 5.69 Å². The first-order chi connectivity index (χ1) is 9.75. The second kappa shape index (κ2) is 5.43. The fraction of sp³-hybridized carbons (Fsp3) is 0.357. The highest BCUT2D eigenvalue weighted by Crippen LogP contribution is 2.21. The molecule has 2 aromatic rings. The minimum Gasteiger partial charge on any atom is -0.398 e. The number of nitrogens with two attached hydrogens (primary N) is 1. The first-order valence-corrected chi connectivity index (χ1v) is 6.57. The molecule has 4 N–H and O–H groups in total. The van der Waals surface area contributed by atoms with Crippen molar-refractivity contribution in [3.05, 3.63) is 40.4 Å². The molecule has 1 amide bonds. The summed E-state index contributed by atoms with van der Waals surface area (Å²) in [5, 5.41) is 9.57. The quantitative estimate of drug-likeness (QED) is 0.786. The van der Waals surface area contributed by atoms with Crippen LogP contribution in [0.5, 0.6) is 0 Å². The molecule has 0 bridgehead atoms. The van der Waals surface area contributed by atoms with Gasteiger partial charge in [-0.05, 0) is 6.07 Å². The van der Waals surface area contributed by atoms with Crippen molar-refractivity contribution in [2.45, 2.75) is 32.7 Å². The standard InChI is InChI=1S/C14H19N5O2/c1-14(2,3)10-6-11(18-17-10)16-12(20)8-19-7-9(15)4-5-13(19)21/h4-7H,8,15H2,1-3H3,(H2,16,17,18,20). The number of pyridine rings is 1. The van der Waals surface area contributed by atoms with E-state index >= 15 is 0 Å². The van der Waals surface area contributed by atoms with E-state index in [2.05, 4.69) is 15.5 Å². The molecule has 0 saturated carbocycles. The van der Waals surface area contributed by atoms with E-state index < -0.39 is 0 Å². The van der Waals surface area contributed by atoms with E-state index in [1.807, 2.05) is 20.8 Å². The Balaban J connectivity index is 2.07. The van der Waals surface area contributed by atoms with Gasteiger partial charge >= 0.3 is 0 Å².